The van der Waals surface area contributed by atoms with Gasteiger partial charge < -0.3 is 10.2 Å². The molecule has 2 unspecified atom stereocenters. The zero-order valence-electron chi connectivity index (χ0n) is 22.5. The molecule has 0 bridgehead atoms. The first kappa shape index (κ1) is 29.4. The van der Waals surface area contributed by atoms with Gasteiger partial charge in [0.1, 0.15) is 6.04 Å². The lowest BCUT2D eigenvalue weighted by atomic mass is 10.1. The van der Waals surface area contributed by atoms with Gasteiger partial charge in [-0.1, -0.05) is 50.2 Å². The van der Waals surface area contributed by atoms with Gasteiger partial charge in [-0.15, -0.1) is 0 Å². The van der Waals surface area contributed by atoms with Crippen LogP contribution in [0.2, 0.25) is 0 Å². The standard InChI is InChI=1S/C28H41N3O4S/c1-7-22(4)29-28(33)23(5)30(20-25-13-10-9-12-21(25)3)27(32)14-11-19-31(36(6,34)35)26-17-15-24(8-2)16-18-26/h9-10,12-13,15-18,22-23H,7-8,11,14,19-20H2,1-6H3,(H,29,33). The van der Waals surface area contributed by atoms with Gasteiger partial charge in [-0.25, -0.2) is 8.42 Å². The summed E-state index contributed by atoms with van der Waals surface area (Å²) >= 11 is 0. The van der Waals surface area contributed by atoms with Gasteiger partial charge in [0.25, 0.3) is 0 Å². The van der Waals surface area contributed by atoms with Crippen LogP contribution in [0.15, 0.2) is 48.5 Å². The molecule has 0 fully saturated rings. The third kappa shape index (κ3) is 8.36. The summed E-state index contributed by atoms with van der Waals surface area (Å²) in [6.07, 6.45) is 3.31. The lowest BCUT2D eigenvalue weighted by Gasteiger charge is -2.30. The highest BCUT2D eigenvalue weighted by Crippen LogP contribution is 2.20. The van der Waals surface area contributed by atoms with Crippen LogP contribution in [0.1, 0.15) is 63.6 Å². The fourth-order valence-electron chi connectivity index (χ4n) is 3.92. The van der Waals surface area contributed by atoms with Gasteiger partial charge in [-0.2, -0.15) is 0 Å². The number of hydrogen-bond donors (Lipinski definition) is 1. The van der Waals surface area contributed by atoms with Crippen molar-refractivity contribution >= 4 is 27.5 Å². The van der Waals surface area contributed by atoms with Crippen molar-refractivity contribution in [2.45, 2.75) is 78.9 Å². The Morgan fingerprint density at radius 1 is 1.00 bits per heavy atom. The minimum Gasteiger partial charge on any atom is -0.352 e. The Morgan fingerprint density at radius 3 is 2.19 bits per heavy atom. The van der Waals surface area contributed by atoms with Gasteiger partial charge in [-0.3, -0.25) is 13.9 Å². The van der Waals surface area contributed by atoms with E-state index in [1.54, 1.807) is 24.0 Å². The summed E-state index contributed by atoms with van der Waals surface area (Å²) in [5, 5.41) is 2.97. The molecule has 2 amide bonds. The molecule has 0 heterocycles. The van der Waals surface area contributed by atoms with Crippen molar-refractivity contribution in [3.63, 3.8) is 0 Å². The summed E-state index contributed by atoms with van der Waals surface area (Å²) in [5.41, 5.74) is 3.73. The summed E-state index contributed by atoms with van der Waals surface area (Å²) in [6, 6.07) is 14.6. The zero-order chi connectivity index (χ0) is 26.9. The van der Waals surface area contributed by atoms with Gasteiger partial charge in [-0.05, 0) is 68.9 Å². The molecule has 0 spiro atoms. The van der Waals surface area contributed by atoms with Crippen LogP contribution in [0.3, 0.4) is 0 Å². The Bertz CT molecular complexity index is 1120. The van der Waals surface area contributed by atoms with Crippen LogP contribution in [0.25, 0.3) is 0 Å². The highest BCUT2D eigenvalue weighted by Gasteiger charge is 2.27. The quantitative estimate of drug-likeness (QED) is 0.427. The van der Waals surface area contributed by atoms with Crippen LogP contribution < -0.4 is 9.62 Å². The average molecular weight is 516 g/mol. The monoisotopic (exact) mass is 515 g/mol. The van der Waals surface area contributed by atoms with Crippen LogP contribution in [0, 0.1) is 6.92 Å². The van der Waals surface area contributed by atoms with E-state index in [4.69, 9.17) is 0 Å². The second-order valence-electron chi connectivity index (χ2n) is 9.40. The number of carbonyl (C=O) groups excluding carboxylic acids is 2. The molecule has 0 aliphatic rings. The molecule has 2 rings (SSSR count). The molecule has 2 aromatic rings. The van der Waals surface area contributed by atoms with Crippen LogP contribution >= 0.6 is 0 Å². The molecule has 36 heavy (non-hydrogen) atoms. The van der Waals surface area contributed by atoms with E-state index in [-0.39, 0.29) is 30.8 Å². The Balaban J connectivity index is 2.18. The Hall–Kier alpha value is -2.87. The predicted octanol–water partition coefficient (Wildman–Crippen LogP) is 4.44. The third-order valence-corrected chi connectivity index (χ3v) is 7.75. The van der Waals surface area contributed by atoms with Crippen molar-refractivity contribution in [1.29, 1.82) is 0 Å². The van der Waals surface area contributed by atoms with Crippen LogP contribution in [-0.2, 0) is 32.6 Å². The average Bonchev–Trinajstić information content (AvgIpc) is 2.84. The minimum absolute atomic E-state index is 0.0118. The molecule has 0 aliphatic heterocycles. The van der Waals surface area contributed by atoms with Gasteiger partial charge in [0.2, 0.25) is 21.8 Å². The third-order valence-electron chi connectivity index (χ3n) is 6.56. The van der Waals surface area contributed by atoms with E-state index in [0.717, 1.165) is 29.5 Å². The summed E-state index contributed by atoms with van der Waals surface area (Å²) in [5.74, 6) is -0.375. The smallest absolute Gasteiger partial charge is 0.242 e. The maximum absolute atomic E-state index is 13.4. The van der Waals surface area contributed by atoms with Crippen LogP contribution in [0.4, 0.5) is 5.69 Å². The first-order valence-corrected chi connectivity index (χ1v) is 14.5. The molecule has 8 heteroatoms. The van der Waals surface area contributed by atoms with Crippen molar-refractivity contribution in [1.82, 2.24) is 10.2 Å². The van der Waals surface area contributed by atoms with E-state index < -0.39 is 16.1 Å². The molecule has 2 atom stereocenters. The maximum Gasteiger partial charge on any atom is 0.242 e. The van der Waals surface area contributed by atoms with Crippen molar-refractivity contribution in [2.75, 3.05) is 17.1 Å². The summed E-state index contributed by atoms with van der Waals surface area (Å²) < 4.78 is 26.3. The molecule has 0 saturated carbocycles. The maximum atomic E-state index is 13.4. The lowest BCUT2D eigenvalue weighted by molar-refractivity contribution is -0.140. The summed E-state index contributed by atoms with van der Waals surface area (Å²) in [6.45, 7) is 10.2. The molecular weight excluding hydrogens is 474 g/mol. The Kier molecular flexibility index (Phi) is 11.0. The van der Waals surface area contributed by atoms with Gasteiger partial charge in [0.05, 0.1) is 11.9 Å². The fraction of sp³-hybridized carbons (Fsp3) is 0.500. The molecule has 0 radical (unpaired) electrons. The number of amides is 2. The molecule has 2 aromatic carbocycles. The lowest BCUT2D eigenvalue weighted by Crippen LogP contribution is -2.49. The SMILES string of the molecule is CCc1ccc(N(CCCC(=O)N(Cc2ccccc2C)C(C)C(=O)NC(C)CC)S(C)(=O)=O)cc1. The molecule has 198 valence electrons. The number of sulfonamides is 1. The van der Waals surface area contributed by atoms with E-state index in [1.165, 1.54) is 10.6 Å². The number of benzene rings is 2. The molecule has 0 saturated heterocycles. The van der Waals surface area contributed by atoms with Crippen molar-refractivity contribution < 1.29 is 18.0 Å². The number of nitrogens with zero attached hydrogens (tertiary/aromatic N) is 2. The summed E-state index contributed by atoms with van der Waals surface area (Å²) in [7, 11) is -3.51. The number of carbonyl (C=O) groups is 2. The number of aryl methyl sites for hydroxylation is 2. The first-order chi connectivity index (χ1) is 17.0. The number of rotatable bonds is 13. The predicted molar refractivity (Wildman–Crippen MR) is 146 cm³/mol. The van der Waals surface area contributed by atoms with Gasteiger partial charge >= 0.3 is 0 Å². The largest absolute Gasteiger partial charge is 0.352 e. The molecule has 0 aromatic heterocycles. The highest BCUT2D eigenvalue weighted by molar-refractivity contribution is 7.92. The van der Waals surface area contributed by atoms with E-state index in [9.17, 15) is 18.0 Å². The second kappa shape index (κ2) is 13.4. The van der Waals surface area contributed by atoms with E-state index in [0.29, 0.717) is 18.7 Å². The number of anilines is 1. The van der Waals surface area contributed by atoms with E-state index >= 15 is 0 Å². The molecular formula is C28H41N3O4S. The minimum atomic E-state index is -3.51. The molecule has 1 N–H and O–H groups in total. The van der Waals surface area contributed by atoms with Crippen molar-refractivity contribution in [3.8, 4) is 0 Å². The van der Waals surface area contributed by atoms with E-state index in [2.05, 4.69) is 5.32 Å². The van der Waals surface area contributed by atoms with Gasteiger partial charge in [0, 0.05) is 25.6 Å². The fourth-order valence-corrected chi connectivity index (χ4v) is 4.89. The zero-order valence-corrected chi connectivity index (χ0v) is 23.3. The van der Waals surface area contributed by atoms with Crippen LogP contribution in [0.5, 0.6) is 0 Å². The van der Waals surface area contributed by atoms with Crippen molar-refractivity contribution in [3.05, 3.63) is 65.2 Å². The number of nitrogens with one attached hydrogen (secondary N) is 1. The van der Waals surface area contributed by atoms with Crippen LogP contribution in [-0.4, -0.2) is 50.0 Å². The van der Waals surface area contributed by atoms with Crippen molar-refractivity contribution in [2.24, 2.45) is 0 Å². The summed E-state index contributed by atoms with van der Waals surface area (Å²) in [4.78, 5) is 27.9. The Morgan fingerprint density at radius 2 is 1.64 bits per heavy atom. The topological polar surface area (TPSA) is 86.8 Å². The number of hydrogen-bond acceptors (Lipinski definition) is 4. The van der Waals surface area contributed by atoms with E-state index in [1.807, 2.05) is 64.1 Å². The molecule has 7 nitrogen and oxygen atoms in total. The second-order valence-corrected chi connectivity index (χ2v) is 11.3. The molecule has 0 aliphatic carbocycles. The normalized spacial score (nSPS) is 13.1. The Labute approximate surface area is 216 Å². The van der Waals surface area contributed by atoms with Gasteiger partial charge in [0.15, 0.2) is 0 Å². The highest BCUT2D eigenvalue weighted by atomic mass is 32.2. The first-order valence-electron chi connectivity index (χ1n) is 12.7.